The zero-order valence-electron chi connectivity index (χ0n) is 13.7. The fraction of sp³-hybridized carbons (Fsp3) is 0.389. The second-order valence-electron chi connectivity index (χ2n) is 6.31. The first-order chi connectivity index (χ1) is 11.9. The Bertz CT molecular complexity index is 773. The van der Waals surface area contributed by atoms with Crippen LogP contribution >= 0.6 is 0 Å². The second kappa shape index (κ2) is 6.92. The molecule has 1 N–H and O–H groups in total. The summed E-state index contributed by atoms with van der Waals surface area (Å²) in [7, 11) is 0. The first-order valence-electron chi connectivity index (χ1n) is 8.19. The molecule has 1 aromatic carbocycles. The average Bonchev–Trinajstić information content (AvgIpc) is 2.97. The van der Waals surface area contributed by atoms with Crippen LogP contribution in [0.15, 0.2) is 43.1 Å². The molecule has 1 aliphatic rings. The quantitative estimate of drug-likeness (QED) is 0.847. The molecule has 1 saturated heterocycles. The molecule has 1 aromatic heterocycles. The summed E-state index contributed by atoms with van der Waals surface area (Å²) in [4.78, 5) is 12.8. The lowest BCUT2D eigenvalue weighted by Crippen LogP contribution is -2.40. The molecule has 0 spiro atoms. The predicted octanol–water partition coefficient (Wildman–Crippen LogP) is 3.97. The number of piperidine rings is 1. The number of likely N-dealkylation sites (tertiary alicyclic amines) is 1. The van der Waals surface area contributed by atoms with E-state index in [1.165, 1.54) is 11.0 Å². The summed E-state index contributed by atoms with van der Waals surface area (Å²) in [5.74, 6) is -0.268. The highest BCUT2D eigenvalue weighted by molar-refractivity contribution is 6.00. The Hall–Kier alpha value is -2.28. The summed E-state index contributed by atoms with van der Waals surface area (Å²) in [6.07, 6.45) is 0.417. The van der Waals surface area contributed by atoms with Crippen molar-refractivity contribution in [3.05, 3.63) is 43.1 Å². The maximum absolute atomic E-state index is 12.5. The van der Waals surface area contributed by atoms with Gasteiger partial charge in [-0.25, -0.2) is 0 Å². The highest BCUT2D eigenvalue weighted by Crippen LogP contribution is 2.30. The molecule has 0 aliphatic carbocycles. The van der Waals surface area contributed by atoms with E-state index in [1.807, 2.05) is 30.5 Å². The summed E-state index contributed by atoms with van der Waals surface area (Å²) in [6.45, 7) is 3.47. The van der Waals surface area contributed by atoms with Gasteiger partial charge in [-0.1, -0.05) is 6.58 Å². The normalized spacial score (nSPS) is 16.9. The van der Waals surface area contributed by atoms with E-state index in [2.05, 4.69) is 16.5 Å². The van der Waals surface area contributed by atoms with E-state index >= 15 is 0 Å². The number of amides is 1. The fourth-order valence-corrected chi connectivity index (χ4v) is 3.36. The van der Waals surface area contributed by atoms with E-state index in [-0.39, 0.29) is 11.9 Å². The fourth-order valence-electron chi connectivity index (χ4n) is 3.36. The number of hydrogen-bond donors (Lipinski definition) is 1. The van der Waals surface area contributed by atoms with Crippen molar-refractivity contribution >= 4 is 22.5 Å². The zero-order valence-corrected chi connectivity index (χ0v) is 13.7. The third kappa shape index (κ3) is 4.22. The predicted molar refractivity (Wildman–Crippen MR) is 91.5 cm³/mol. The number of nitrogens with zero attached hydrogens (tertiary/aromatic N) is 2. The lowest BCUT2D eigenvalue weighted by molar-refractivity contribution is -0.148. The van der Waals surface area contributed by atoms with Crippen LogP contribution in [0.3, 0.4) is 0 Å². The number of rotatable bonds is 4. The van der Waals surface area contributed by atoms with Gasteiger partial charge in [-0.2, -0.15) is 13.2 Å². The van der Waals surface area contributed by atoms with E-state index in [9.17, 15) is 18.0 Å². The minimum Gasteiger partial charge on any atom is -0.344 e. The molecular weight excluding hydrogens is 331 g/mol. The number of halogens is 3. The van der Waals surface area contributed by atoms with E-state index < -0.39 is 12.7 Å². The summed E-state index contributed by atoms with van der Waals surface area (Å²) in [5, 5.41) is 3.71. The second-order valence-corrected chi connectivity index (χ2v) is 6.31. The van der Waals surface area contributed by atoms with Gasteiger partial charge < -0.3 is 9.88 Å². The van der Waals surface area contributed by atoms with Crippen molar-refractivity contribution in [3.8, 4) is 0 Å². The zero-order chi connectivity index (χ0) is 18.0. The van der Waals surface area contributed by atoms with Gasteiger partial charge in [0.1, 0.15) is 0 Å². The summed E-state index contributed by atoms with van der Waals surface area (Å²) in [5.41, 5.74) is 1.71. The van der Waals surface area contributed by atoms with Crippen LogP contribution in [0.1, 0.15) is 18.9 Å². The lowest BCUT2D eigenvalue weighted by Gasteiger charge is -2.33. The summed E-state index contributed by atoms with van der Waals surface area (Å²) >= 11 is 0. The Balaban J connectivity index is 1.70. The molecule has 25 heavy (non-hydrogen) atoms. The van der Waals surface area contributed by atoms with Crippen LogP contribution in [0.25, 0.3) is 10.9 Å². The lowest BCUT2D eigenvalue weighted by atomic mass is 10.0. The van der Waals surface area contributed by atoms with Gasteiger partial charge in [0.15, 0.2) is 0 Å². The van der Waals surface area contributed by atoms with E-state index in [1.54, 1.807) is 0 Å². The molecule has 3 rings (SSSR count). The Kier molecular flexibility index (Phi) is 4.85. The number of carbonyl (C=O) groups excluding carboxylic acids is 1. The Morgan fingerprint density at radius 3 is 2.64 bits per heavy atom. The van der Waals surface area contributed by atoms with Gasteiger partial charge in [0.25, 0.3) is 0 Å². The monoisotopic (exact) mass is 351 g/mol. The molecule has 7 heteroatoms. The number of hydrogen-bond acceptors (Lipinski definition) is 2. The molecule has 2 aromatic rings. The topological polar surface area (TPSA) is 37.3 Å². The number of anilines is 1. The SMILES string of the molecule is C=CC(=O)Nc1ccc2c(ccn2C2CCN(CC(F)(F)F)CC2)c1. The maximum Gasteiger partial charge on any atom is 0.401 e. The average molecular weight is 351 g/mol. The van der Waals surface area contributed by atoms with Gasteiger partial charge in [-0.3, -0.25) is 9.69 Å². The molecule has 134 valence electrons. The van der Waals surface area contributed by atoms with Crippen LogP contribution in [0.2, 0.25) is 0 Å². The van der Waals surface area contributed by atoms with Crippen LogP contribution < -0.4 is 5.32 Å². The molecule has 1 amide bonds. The Morgan fingerprint density at radius 2 is 2.00 bits per heavy atom. The van der Waals surface area contributed by atoms with Crippen LogP contribution in [-0.4, -0.2) is 41.2 Å². The number of fused-ring (bicyclic) bond motifs is 1. The minimum absolute atomic E-state index is 0.190. The van der Waals surface area contributed by atoms with Crippen molar-refractivity contribution in [2.45, 2.75) is 25.1 Å². The number of carbonyl (C=O) groups is 1. The van der Waals surface area contributed by atoms with Gasteiger partial charge >= 0.3 is 6.18 Å². The van der Waals surface area contributed by atoms with Crippen LogP contribution in [0.5, 0.6) is 0 Å². The number of aromatic nitrogens is 1. The van der Waals surface area contributed by atoms with Gasteiger partial charge in [-0.05, 0) is 43.2 Å². The molecule has 1 fully saturated rings. The van der Waals surface area contributed by atoms with Gasteiger partial charge in [0.05, 0.1) is 6.54 Å². The van der Waals surface area contributed by atoms with Crippen LogP contribution in [0, 0.1) is 0 Å². The standard InChI is InChI=1S/C18H20F3N3O/c1-2-17(25)22-14-3-4-16-13(11-14)5-10-24(16)15-6-8-23(9-7-15)12-18(19,20)21/h2-5,10-11,15H,1,6-9,12H2,(H,22,25). The van der Waals surface area contributed by atoms with Crippen molar-refractivity contribution < 1.29 is 18.0 Å². The molecule has 2 heterocycles. The van der Waals surface area contributed by atoms with Crippen molar-refractivity contribution in [3.63, 3.8) is 0 Å². The molecule has 0 atom stereocenters. The van der Waals surface area contributed by atoms with E-state index in [0.717, 1.165) is 10.9 Å². The first kappa shape index (κ1) is 17.5. The third-order valence-corrected chi connectivity index (χ3v) is 4.53. The van der Waals surface area contributed by atoms with Gasteiger partial charge in [0, 0.05) is 41.9 Å². The first-order valence-corrected chi connectivity index (χ1v) is 8.19. The summed E-state index contributed by atoms with van der Waals surface area (Å²) in [6, 6.07) is 7.78. The highest BCUT2D eigenvalue weighted by Gasteiger charge is 2.32. The molecule has 1 aliphatic heterocycles. The molecule has 4 nitrogen and oxygen atoms in total. The molecule has 0 radical (unpaired) electrons. The molecular formula is C18H20F3N3O. The van der Waals surface area contributed by atoms with Gasteiger partial charge in [-0.15, -0.1) is 0 Å². The number of benzene rings is 1. The van der Waals surface area contributed by atoms with Crippen molar-refractivity contribution in [1.82, 2.24) is 9.47 Å². The van der Waals surface area contributed by atoms with Crippen LogP contribution in [-0.2, 0) is 4.79 Å². The van der Waals surface area contributed by atoms with Crippen molar-refractivity contribution in [2.75, 3.05) is 25.0 Å². The van der Waals surface area contributed by atoms with Crippen LogP contribution in [0.4, 0.5) is 18.9 Å². The summed E-state index contributed by atoms with van der Waals surface area (Å²) < 4.78 is 39.6. The maximum atomic E-state index is 12.5. The van der Waals surface area contributed by atoms with E-state index in [4.69, 9.17) is 0 Å². The highest BCUT2D eigenvalue weighted by atomic mass is 19.4. The Labute approximate surface area is 143 Å². The van der Waals surface area contributed by atoms with Crippen molar-refractivity contribution in [2.24, 2.45) is 0 Å². The molecule has 0 unspecified atom stereocenters. The third-order valence-electron chi connectivity index (χ3n) is 4.53. The Morgan fingerprint density at radius 1 is 1.28 bits per heavy atom. The smallest absolute Gasteiger partial charge is 0.344 e. The van der Waals surface area contributed by atoms with Gasteiger partial charge in [0.2, 0.25) is 5.91 Å². The molecule has 0 bridgehead atoms. The van der Waals surface area contributed by atoms with E-state index in [0.29, 0.717) is 31.6 Å². The largest absolute Gasteiger partial charge is 0.401 e. The minimum atomic E-state index is -4.14. The number of alkyl halides is 3. The number of nitrogens with one attached hydrogen (secondary N) is 1. The van der Waals surface area contributed by atoms with Crippen molar-refractivity contribution in [1.29, 1.82) is 0 Å². The molecule has 0 saturated carbocycles.